The van der Waals surface area contributed by atoms with E-state index in [-0.39, 0.29) is 18.0 Å². The van der Waals surface area contributed by atoms with Crippen molar-refractivity contribution in [3.05, 3.63) is 30.1 Å². The highest BCUT2D eigenvalue weighted by molar-refractivity contribution is 5.22. The smallest absolute Gasteiger partial charge is 0.172 e. The van der Waals surface area contributed by atoms with Crippen molar-refractivity contribution in [1.82, 2.24) is 5.32 Å². The van der Waals surface area contributed by atoms with Crippen molar-refractivity contribution in [2.45, 2.75) is 44.1 Å². The number of likely N-dealkylation sites (N-methyl/N-ethyl adjacent to an activating group) is 1. The molecule has 116 valence electrons. The lowest BCUT2D eigenvalue weighted by molar-refractivity contribution is -0.197. The van der Waals surface area contributed by atoms with Crippen molar-refractivity contribution in [3.8, 4) is 5.75 Å². The lowest BCUT2D eigenvalue weighted by atomic mass is 9.87. The van der Waals surface area contributed by atoms with Gasteiger partial charge in [0.2, 0.25) is 0 Å². The van der Waals surface area contributed by atoms with E-state index < -0.39 is 5.79 Å². The second kappa shape index (κ2) is 6.30. The second-order valence-electron chi connectivity index (χ2n) is 5.62. The summed E-state index contributed by atoms with van der Waals surface area (Å²) in [7, 11) is 0. The Balaban J connectivity index is 1.72. The third kappa shape index (κ3) is 3.36. The fourth-order valence-electron chi connectivity index (χ4n) is 3.18. The number of rotatable bonds is 4. The van der Waals surface area contributed by atoms with Gasteiger partial charge in [-0.1, -0.05) is 6.92 Å². The fraction of sp³-hybridized carbons (Fsp3) is 0.625. The summed E-state index contributed by atoms with van der Waals surface area (Å²) in [5.74, 6) is -0.0658. The molecule has 21 heavy (non-hydrogen) atoms. The van der Waals surface area contributed by atoms with Crippen molar-refractivity contribution in [2.75, 3.05) is 19.8 Å². The first-order chi connectivity index (χ1) is 10.2. The first-order valence-corrected chi connectivity index (χ1v) is 7.64. The molecule has 2 fully saturated rings. The van der Waals surface area contributed by atoms with Gasteiger partial charge >= 0.3 is 0 Å². The maximum absolute atomic E-state index is 13.0. The standard InChI is InChI=1S/C16H22FNO3/c1-2-18-14-7-8-16(19-9-10-20-16)11-15(14)21-13-5-3-12(17)4-6-13/h3-6,14-15,18H,2,7-11H2,1H3. The Morgan fingerprint density at radius 3 is 2.67 bits per heavy atom. The van der Waals surface area contributed by atoms with E-state index in [1.165, 1.54) is 12.1 Å². The monoisotopic (exact) mass is 295 g/mol. The van der Waals surface area contributed by atoms with Gasteiger partial charge < -0.3 is 19.5 Å². The van der Waals surface area contributed by atoms with Crippen LogP contribution < -0.4 is 10.1 Å². The zero-order valence-corrected chi connectivity index (χ0v) is 12.3. The van der Waals surface area contributed by atoms with Crippen molar-refractivity contribution < 1.29 is 18.6 Å². The highest BCUT2D eigenvalue weighted by Gasteiger charge is 2.46. The third-order valence-corrected chi connectivity index (χ3v) is 4.18. The van der Waals surface area contributed by atoms with Crippen molar-refractivity contribution in [3.63, 3.8) is 0 Å². The molecule has 1 saturated carbocycles. The summed E-state index contributed by atoms with van der Waals surface area (Å²) in [6.07, 6.45) is 2.48. The molecule has 1 saturated heterocycles. The van der Waals surface area contributed by atoms with Gasteiger partial charge in [-0.25, -0.2) is 4.39 Å². The van der Waals surface area contributed by atoms with Crippen LogP contribution in [0.3, 0.4) is 0 Å². The van der Waals surface area contributed by atoms with E-state index in [0.29, 0.717) is 25.4 Å². The molecule has 1 N–H and O–H groups in total. The Bertz CT molecular complexity index is 459. The minimum absolute atomic E-state index is 0.0396. The molecular formula is C16H22FNO3. The first kappa shape index (κ1) is 14.8. The lowest BCUT2D eigenvalue weighted by Gasteiger charge is -2.41. The highest BCUT2D eigenvalue weighted by Crippen LogP contribution is 2.37. The van der Waals surface area contributed by atoms with Crippen LogP contribution in [0.5, 0.6) is 5.75 Å². The van der Waals surface area contributed by atoms with Crippen LogP contribution in [-0.2, 0) is 9.47 Å². The van der Waals surface area contributed by atoms with Gasteiger partial charge in [0.25, 0.3) is 0 Å². The minimum Gasteiger partial charge on any atom is -0.489 e. The predicted octanol–water partition coefficient (Wildman–Crippen LogP) is 2.48. The van der Waals surface area contributed by atoms with Gasteiger partial charge in [-0.15, -0.1) is 0 Å². The molecule has 2 atom stereocenters. The summed E-state index contributed by atoms with van der Waals surface area (Å²) in [5.41, 5.74) is 0. The van der Waals surface area contributed by atoms with Crippen LogP contribution in [0.25, 0.3) is 0 Å². The normalized spacial score (nSPS) is 27.9. The number of hydrogen-bond donors (Lipinski definition) is 1. The molecule has 1 spiro atoms. The molecule has 1 aromatic carbocycles. The van der Waals surface area contributed by atoms with Gasteiger partial charge in [-0.2, -0.15) is 0 Å². The van der Waals surface area contributed by atoms with Crippen molar-refractivity contribution >= 4 is 0 Å². The number of nitrogens with one attached hydrogen (secondary N) is 1. The number of benzene rings is 1. The summed E-state index contributed by atoms with van der Waals surface area (Å²) >= 11 is 0. The Morgan fingerprint density at radius 2 is 2.00 bits per heavy atom. The van der Waals surface area contributed by atoms with Gasteiger partial charge in [0.15, 0.2) is 5.79 Å². The maximum Gasteiger partial charge on any atom is 0.172 e. The molecule has 1 aliphatic carbocycles. The molecule has 0 aromatic heterocycles. The van der Waals surface area contributed by atoms with E-state index in [2.05, 4.69) is 12.2 Å². The zero-order chi connectivity index (χ0) is 14.7. The van der Waals surface area contributed by atoms with Crippen LogP contribution in [0.4, 0.5) is 4.39 Å². The maximum atomic E-state index is 13.0. The highest BCUT2D eigenvalue weighted by atomic mass is 19.1. The van der Waals surface area contributed by atoms with E-state index in [0.717, 1.165) is 19.4 Å². The summed E-state index contributed by atoms with van der Waals surface area (Å²) in [4.78, 5) is 0. The van der Waals surface area contributed by atoms with Gasteiger partial charge in [0.05, 0.1) is 13.2 Å². The molecule has 1 heterocycles. The van der Waals surface area contributed by atoms with Crippen LogP contribution in [0.15, 0.2) is 24.3 Å². The van der Waals surface area contributed by atoms with E-state index in [1.54, 1.807) is 12.1 Å². The number of ether oxygens (including phenoxy) is 3. The average molecular weight is 295 g/mol. The molecule has 2 unspecified atom stereocenters. The lowest BCUT2D eigenvalue weighted by Crippen LogP contribution is -2.53. The minimum atomic E-state index is -0.489. The van der Waals surface area contributed by atoms with E-state index >= 15 is 0 Å². The Morgan fingerprint density at radius 1 is 1.29 bits per heavy atom. The van der Waals surface area contributed by atoms with E-state index in [1.807, 2.05) is 0 Å². The Hall–Kier alpha value is -1.17. The molecule has 5 heteroatoms. The molecule has 3 rings (SSSR count). The SMILES string of the molecule is CCNC1CCC2(CC1Oc1ccc(F)cc1)OCCO2. The Kier molecular flexibility index (Phi) is 4.42. The van der Waals surface area contributed by atoms with Gasteiger partial charge in [-0.05, 0) is 37.2 Å². The molecule has 1 aromatic rings. The summed E-state index contributed by atoms with van der Waals surface area (Å²) in [5, 5.41) is 3.46. The zero-order valence-electron chi connectivity index (χ0n) is 12.3. The second-order valence-corrected chi connectivity index (χ2v) is 5.62. The van der Waals surface area contributed by atoms with Gasteiger partial charge in [0, 0.05) is 18.9 Å². The number of hydrogen-bond acceptors (Lipinski definition) is 4. The van der Waals surface area contributed by atoms with Crippen LogP contribution in [0.2, 0.25) is 0 Å². The number of halogens is 1. The third-order valence-electron chi connectivity index (χ3n) is 4.18. The molecular weight excluding hydrogens is 273 g/mol. The average Bonchev–Trinajstić information content (AvgIpc) is 2.93. The van der Waals surface area contributed by atoms with Gasteiger partial charge in [0.1, 0.15) is 17.7 Å². The molecule has 0 bridgehead atoms. The predicted molar refractivity (Wildman–Crippen MR) is 76.8 cm³/mol. The molecule has 1 aliphatic heterocycles. The molecule has 4 nitrogen and oxygen atoms in total. The van der Waals surface area contributed by atoms with Gasteiger partial charge in [-0.3, -0.25) is 0 Å². The molecule has 2 aliphatic rings. The Labute approximate surface area is 124 Å². The van der Waals surface area contributed by atoms with Crippen LogP contribution >= 0.6 is 0 Å². The van der Waals surface area contributed by atoms with Crippen LogP contribution in [0.1, 0.15) is 26.2 Å². The van der Waals surface area contributed by atoms with Crippen molar-refractivity contribution in [2.24, 2.45) is 0 Å². The van der Waals surface area contributed by atoms with Crippen LogP contribution in [-0.4, -0.2) is 37.7 Å². The largest absolute Gasteiger partial charge is 0.489 e. The van der Waals surface area contributed by atoms with Crippen molar-refractivity contribution in [1.29, 1.82) is 0 Å². The summed E-state index contributed by atoms with van der Waals surface area (Å²) in [6.45, 7) is 4.27. The van der Waals surface area contributed by atoms with E-state index in [9.17, 15) is 4.39 Å². The quantitative estimate of drug-likeness (QED) is 0.926. The molecule has 0 radical (unpaired) electrons. The first-order valence-electron chi connectivity index (χ1n) is 7.64. The molecule has 0 amide bonds. The fourth-order valence-corrected chi connectivity index (χ4v) is 3.18. The summed E-state index contributed by atoms with van der Waals surface area (Å²) in [6, 6.07) is 6.42. The topological polar surface area (TPSA) is 39.7 Å². The van der Waals surface area contributed by atoms with Crippen LogP contribution in [0, 0.1) is 5.82 Å². The van der Waals surface area contributed by atoms with E-state index in [4.69, 9.17) is 14.2 Å². The summed E-state index contributed by atoms with van der Waals surface area (Å²) < 4.78 is 30.7.